The van der Waals surface area contributed by atoms with E-state index in [-0.39, 0.29) is 5.91 Å². The van der Waals surface area contributed by atoms with Gasteiger partial charge in [0.1, 0.15) is 0 Å². The highest BCUT2D eigenvalue weighted by Gasteiger charge is 2.20. The summed E-state index contributed by atoms with van der Waals surface area (Å²) in [5.41, 5.74) is 0.844. The standard InChI is InChI=1S/C21H34N4O3/c1-5-22-21(23-12-11-20(26)25-13-7-8-16(3)15-25)24-17-9-10-18(28-6-2)19(14-17)27-4/h9-10,14,16H,5-8,11-13,15H2,1-4H3,(H2,22,23,24). The number of ether oxygens (including phenoxy) is 2. The van der Waals surface area contributed by atoms with Crippen LogP contribution in [0.4, 0.5) is 5.69 Å². The zero-order valence-electron chi connectivity index (χ0n) is 17.6. The molecule has 7 nitrogen and oxygen atoms in total. The van der Waals surface area contributed by atoms with Crippen LogP contribution < -0.4 is 20.1 Å². The summed E-state index contributed by atoms with van der Waals surface area (Å²) in [5.74, 6) is 2.80. The number of guanidine groups is 1. The Labute approximate surface area is 168 Å². The fourth-order valence-electron chi connectivity index (χ4n) is 3.30. The SMILES string of the molecule is CCNC(=NCCC(=O)N1CCCC(C)C1)Nc1ccc(OCC)c(OC)c1. The maximum atomic E-state index is 12.4. The first-order valence-electron chi connectivity index (χ1n) is 10.2. The Bertz CT molecular complexity index is 663. The minimum absolute atomic E-state index is 0.189. The zero-order chi connectivity index (χ0) is 20.4. The van der Waals surface area contributed by atoms with Crippen molar-refractivity contribution in [2.75, 3.05) is 45.2 Å². The summed E-state index contributed by atoms with van der Waals surface area (Å²) in [7, 11) is 1.62. The number of piperidine rings is 1. The predicted octanol–water partition coefficient (Wildman–Crippen LogP) is 3.12. The molecule has 2 N–H and O–H groups in total. The Morgan fingerprint density at radius 3 is 2.82 bits per heavy atom. The largest absolute Gasteiger partial charge is 0.493 e. The minimum Gasteiger partial charge on any atom is -0.493 e. The number of anilines is 1. The van der Waals surface area contributed by atoms with Crippen LogP contribution in [0.3, 0.4) is 0 Å². The van der Waals surface area contributed by atoms with Gasteiger partial charge in [0.05, 0.1) is 20.3 Å². The molecule has 1 atom stereocenters. The Morgan fingerprint density at radius 2 is 2.14 bits per heavy atom. The number of hydrogen-bond acceptors (Lipinski definition) is 4. The lowest BCUT2D eigenvalue weighted by Crippen LogP contribution is -2.39. The molecule has 0 aromatic heterocycles. The third-order valence-corrected chi connectivity index (χ3v) is 4.68. The number of carbonyl (C=O) groups is 1. The number of hydrogen-bond donors (Lipinski definition) is 2. The molecule has 0 aliphatic carbocycles. The van der Waals surface area contributed by atoms with Gasteiger partial charge in [-0.2, -0.15) is 0 Å². The highest BCUT2D eigenvalue weighted by molar-refractivity contribution is 5.94. The van der Waals surface area contributed by atoms with Crippen LogP contribution in [0.15, 0.2) is 23.2 Å². The highest BCUT2D eigenvalue weighted by Crippen LogP contribution is 2.30. The number of nitrogens with zero attached hydrogens (tertiary/aromatic N) is 2. The van der Waals surface area contributed by atoms with Crippen LogP contribution in [-0.2, 0) is 4.79 Å². The predicted molar refractivity (Wildman–Crippen MR) is 113 cm³/mol. The van der Waals surface area contributed by atoms with Crippen LogP contribution >= 0.6 is 0 Å². The van der Waals surface area contributed by atoms with Gasteiger partial charge in [-0.1, -0.05) is 6.92 Å². The average Bonchev–Trinajstić information content (AvgIpc) is 2.69. The van der Waals surface area contributed by atoms with E-state index in [0.29, 0.717) is 42.9 Å². The monoisotopic (exact) mass is 390 g/mol. The van der Waals surface area contributed by atoms with Crippen molar-refractivity contribution in [1.29, 1.82) is 0 Å². The lowest BCUT2D eigenvalue weighted by atomic mass is 10.00. The van der Waals surface area contributed by atoms with Gasteiger partial charge < -0.3 is 25.0 Å². The first kappa shape index (κ1) is 21.9. The van der Waals surface area contributed by atoms with Crippen molar-refractivity contribution in [3.63, 3.8) is 0 Å². The molecular weight excluding hydrogens is 356 g/mol. The molecule has 2 rings (SSSR count). The van der Waals surface area contributed by atoms with Gasteiger partial charge in [0, 0.05) is 37.8 Å². The van der Waals surface area contributed by atoms with E-state index < -0.39 is 0 Å². The Kier molecular flexibility index (Phi) is 8.91. The number of benzene rings is 1. The molecular formula is C21H34N4O3. The normalized spacial score (nSPS) is 17.2. The molecule has 1 amide bonds. The van der Waals surface area contributed by atoms with Gasteiger partial charge in [0.25, 0.3) is 0 Å². The number of rotatable bonds is 8. The number of amides is 1. The molecule has 0 radical (unpaired) electrons. The van der Waals surface area contributed by atoms with Crippen LogP contribution in [0.25, 0.3) is 0 Å². The molecule has 0 spiro atoms. The summed E-state index contributed by atoms with van der Waals surface area (Å²) in [6.07, 6.45) is 2.73. The smallest absolute Gasteiger partial charge is 0.224 e. The lowest BCUT2D eigenvalue weighted by molar-refractivity contribution is -0.132. The summed E-state index contributed by atoms with van der Waals surface area (Å²) >= 11 is 0. The molecule has 28 heavy (non-hydrogen) atoms. The van der Waals surface area contributed by atoms with E-state index >= 15 is 0 Å². The van der Waals surface area contributed by atoms with Crippen LogP contribution in [-0.4, -0.2) is 56.7 Å². The fourth-order valence-corrected chi connectivity index (χ4v) is 3.30. The van der Waals surface area contributed by atoms with Crippen molar-refractivity contribution < 1.29 is 14.3 Å². The Hall–Kier alpha value is -2.44. The van der Waals surface area contributed by atoms with Gasteiger partial charge in [0.15, 0.2) is 17.5 Å². The van der Waals surface area contributed by atoms with Gasteiger partial charge in [-0.25, -0.2) is 0 Å². The molecule has 1 fully saturated rings. The van der Waals surface area contributed by atoms with Crippen LogP contribution in [0.1, 0.15) is 40.0 Å². The highest BCUT2D eigenvalue weighted by atomic mass is 16.5. The zero-order valence-corrected chi connectivity index (χ0v) is 17.6. The van der Waals surface area contributed by atoms with Crippen molar-refractivity contribution >= 4 is 17.6 Å². The van der Waals surface area contributed by atoms with E-state index in [1.807, 2.05) is 36.9 Å². The molecule has 1 aromatic rings. The number of methoxy groups -OCH3 is 1. The fraction of sp³-hybridized carbons (Fsp3) is 0.619. The van der Waals surface area contributed by atoms with Crippen molar-refractivity contribution in [3.8, 4) is 11.5 Å². The summed E-state index contributed by atoms with van der Waals surface area (Å²) in [6, 6.07) is 5.66. The number of aliphatic imine (C=N–C) groups is 1. The first-order chi connectivity index (χ1) is 13.6. The lowest BCUT2D eigenvalue weighted by Gasteiger charge is -2.30. The maximum Gasteiger partial charge on any atom is 0.224 e. The second-order valence-electron chi connectivity index (χ2n) is 7.02. The molecule has 7 heteroatoms. The third kappa shape index (κ3) is 6.62. The van der Waals surface area contributed by atoms with Crippen LogP contribution in [0, 0.1) is 5.92 Å². The number of carbonyl (C=O) groups excluding carboxylic acids is 1. The second kappa shape index (κ2) is 11.4. The van der Waals surface area contributed by atoms with E-state index in [4.69, 9.17) is 9.47 Å². The van der Waals surface area contributed by atoms with Gasteiger partial charge in [0.2, 0.25) is 5.91 Å². The maximum absolute atomic E-state index is 12.4. The molecule has 1 saturated heterocycles. The molecule has 1 aliphatic rings. The van der Waals surface area contributed by atoms with Gasteiger partial charge in [-0.05, 0) is 44.7 Å². The van der Waals surface area contributed by atoms with Crippen LogP contribution in [0.5, 0.6) is 11.5 Å². The van der Waals surface area contributed by atoms with Gasteiger partial charge in [-0.3, -0.25) is 9.79 Å². The van der Waals surface area contributed by atoms with E-state index in [2.05, 4.69) is 22.5 Å². The van der Waals surface area contributed by atoms with Crippen molar-refractivity contribution in [1.82, 2.24) is 10.2 Å². The molecule has 1 aromatic carbocycles. The minimum atomic E-state index is 0.189. The van der Waals surface area contributed by atoms with E-state index in [0.717, 1.165) is 31.7 Å². The molecule has 0 saturated carbocycles. The van der Waals surface area contributed by atoms with Gasteiger partial charge in [-0.15, -0.1) is 0 Å². The summed E-state index contributed by atoms with van der Waals surface area (Å²) in [6.45, 7) is 9.66. The number of nitrogens with one attached hydrogen (secondary N) is 2. The van der Waals surface area contributed by atoms with E-state index in [1.165, 1.54) is 6.42 Å². The molecule has 1 heterocycles. The average molecular weight is 391 g/mol. The van der Waals surface area contributed by atoms with Crippen molar-refractivity contribution in [2.24, 2.45) is 10.9 Å². The van der Waals surface area contributed by atoms with E-state index in [1.54, 1.807) is 7.11 Å². The molecule has 0 bridgehead atoms. The first-order valence-corrected chi connectivity index (χ1v) is 10.2. The van der Waals surface area contributed by atoms with Gasteiger partial charge >= 0.3 is 0 Å². The summed E-state index contributed by atoms with van der Waals surface area (Å²) in [4.78, 5) is 18.9. The second-order valence-corrected chi connectivity index (χ2v) is 7.02. The Morgan fingerprint density at radius 1 is 1.32 bits per heavy atom. The Balaban J connectivity index is 1.95. The van der Waals surface area contributed by atoms with E-state index in [9.17, 15) is 4.79 Å². The molecule has 156 valence electrons. The third-order valence-electron chi connectivity index (χ3n) is 4.68. The topological polar surface area (TPSA) is 75.2 Å². The molecule has 1 unspecified atom stereocenters. The number of likely N-dealkylation sites (tertiary alicyclic amines) is 1. The van der Waals surface area contributed by atoms with Crippen molar-refractivity contribution in [3.05, 3.63) is 18.2 Å². The summed E-state index contributed by atoms with van der Waals surface area (Å²) < 4.78 is 10.9. The quantitative estimate of drug-likeness (QED) is 0.527. The molecule has 1 aliphatic heterocycles. The van der Waals surface area contributed by atoms with Crippen LogP contribution in [0.2, 0.25) is 0 Å². The summed E-state index contributed by atoms with van der Waals surface area (Å²) in [5, 5.41) is 6.47. The van der Waals surface area contributed by atoms with Crippen molar-refractivity contribution in [2.45, 2.75) is 40.0 Å².